The highest BCUT2D eigenvalue weighted by molar-refractivity contribution is 7.90. The smallest absolute Gasteiger partial charge is 0.407 e. The SMILES string of the molecule is CC(C)C[C@H](NC(=O)[C@H](CCS(C)(=O)=O)NC(=O)OCC1CC=CO1)[C@@H](O)C[C@@H](C)C(=O)N[C@H](C(=O)NCc1ccccc1)C(C)C. The molecule has 1 aromatic carbocycles. The van der Waals surface area contributed by atoms with Gasteiger partial charge in [0.15, 0.2) is 0 Å². The number of aliphatic hydroxyl groups excluding tert-OH is 1. The first-order valence-electron chi connectivity index (χ1n) is 16.1. The maximum Gasteiger partial charge on any atom is 0.407 e. The lowest BCUT2D eigenvalue weighted by Gasteiger charge is -2.30. The summed E-state index contributed by atoms with van der Waals surface area (Å²) < 4.78 is 34.2. The molecule has 0 fully saturated rings. The molecule has 1 unspecified atom stereocenters. The quantitative estimate of drug-likeness (QED) is 0.146. The fraction of sp³-hybridized carbons (Fsp3) is 0.636. The molecule has 0 saturated heterocycles. The van der Waals surface area contributed by atoms with Crippen LogP contribution >= 0.6 is 0 Å². The van der Waals surface area contributed by atoms with Crippen LogP contribution in [-0.2, 0) is 40.2 Å². The molecule has 264 valence electrons. The number of benzene rings is 1. The van der Waals surface area contributed by atoms with Crippen molar-refractivity contribution in [1.82, 2.24) is 21.3 Å². The van der Waals surface area contributed by atoms with Crippen LogP contribution in [0.3, 0.4) is 0 Å². The highest BCUT2D eigenvalue weighted by atomic mass is 32.2. The Bertz CT molecular complexity index is 1300. The summed E-state index contributed by atoms with van der Waals surface area (Å²) in [6, 6.07) is 6.53. The Morgan fingerprint density at radius 1 is 0.957 bits per heavy atom. The van der Waals surface area contributed by atoms with Crippen LogP contribution in [-0.4, -0.2) is 86.3 Å². The van der Waals surface area contributed by atoms with Gasteiger partial charge in [-0.3, -0.25) is 14.4 Å². The number of hydrogen-bond donors (Lipinski definition) is 5. The molecule has 6 atom stereocenters. The summed E-state index contributed by atoms with van der Waals surface area (Å²) in [7, 11) is -3.47. The monoisotopic (exact) mass is 680 g/mol. The second kappa shape index (κ2) is 19.2. The highest BCUT2D eigenvalue weighted by Crippen LogP contribution is 2.17. The van der Waals surface area contributed by atoms with Gasteiger partial charge in [-0.05, 0) is 42.7 Å². The Morgan fingerprint density at radius 2 is 1.64 bits per heavy atom. The normalized spacial score (nSPS) is 17.6. The lowest BCUT2D eigenvalue weighted by Crippen LogP contribution is -2.54. The molecule has 1 heterocycles. The number of ether oxygens (including phenoxy) is 2. The summed E-state index contributed by atoms with van der Waals surface area (Å²) in [5, 5.41) is 22.1. The van der Waals surface area contributed by atoms with Gasteiger partial charge in [0.05, 0.1) is 24.2 Å². The van der Waals surface area contributed by atoms with Gasteiger partial charge in [-0.2, -0.15) is 0 Å². The Morgan fingerprint density at radius 3 is 2.21 bits per heavy atom. The number of nitrogens with one attached hydrogen (secondary N) is 4. The van der Waals surface area contributed by atoms with Crippen molar-refractivity contribution in [2.45, 2.75) is 97.2 Å². The number of alkyl carbamates (subject to hydrolysis) is 1. The van der Waals surface area contributed by atoms with E-state index < -0.39 is 57.9 Å². The number of sulfone groups is 1. The third-order valence-electron chi connectivity index (χ3n) is 7.67. The van der Waals surface area contributed by atoms with E-state index >= 15 is 0 Å². The average molecular weight is 681 g/mol. The summed E-state index contributed by atoms with van der Waals surface area (Å²) >= 11 is 0. The second-order valence-corrected chi connectivity index (χ2v) is 15.2. The summed E-state index contributed by atoms with van der Waals surface area (Å²) in [6.45, 7) is 9.34. The van der Waals surface area contributed by atoms with Gasteiger partial charge in [-0.15, -0.1) is 0 Å². The molecule has 13 nitrogen and oxygen atoms in total. The van der Waals surface area contributed by atoms with Crippen molar-refractivity contribution in [3.8, 4) is 0 Å². The van der Waals surface area contributed by atoms with Gasteiger partial charge in [0.25, 0.3) is 0 Å². The molecule has 0 radical (unpaired) electrons. The topological polar surface area (TPSA) is 189 Å². The van der Waals surface area contributed by atoms with Crippen molar-refractivity contribution in [2.75, 3.05) is 18.6 Å². The Hall–Kier alpha value is -3.65. The van der Waals surface area contributed by atoms with Crippen molar-refractivity contribution in [2.24, 2.45) is 17.8 Å². The van der Waals surface area contributed by atoms with Gasteiger partial charge >= 0.3 is 6.09 Å². The van der Waals surface area contributed by atoms with Crippen LogP contribution in [0.2, 0.25) is 0 Å². The van der Waals surface area contributed by atoms with E-state index in [1.54, 1.807) is 13.0 Å². The predicted molar refractivity (Wildman–Crippen MR) is 177 cm³/mol. The molecular formula is C33H52N4O9S. The van der Waals surface area contributed by atoms with Crippen molar-refractivity contribution in [1.29, 1.82) is 0 Å². The van der Waals surface area contributed by atoms with Crippen molar-refractivity contribution < 1.29 is 42.2 Å². The Balaban J connectivity index is 2.04. The van der Waals surface area contributed by atoms with E-state index in [0.29, 0.717) is 19.4 Å². The van der Waals surface area contributed by atoms with Gasteiger partial charge < -0.3 is 35.8 Å². The Kier molecular flexibility index (Phi) is 16.2. The van der Waals surface area contributed by atoms with Gasteiger partial charge in [0.2, 0.25) is 17.7 Å². The lowest BCUT2D eigenvalue weighted by atomic mass is 9.91. The minimum Gasteiger partial charge on any atom is -0.494 e. The third kappa shape index (κ3) is 15.2. The minimum absolute atomic E-state index is 0.0289. The summed E-state index contributed by atoms with van der Waals surface area (Å²) in [4.78, 5) is 52.0. The molecule has 0 aliphatic carbocycles. The molecule has 0 saturated carbocycles. The standard InChI is InChI=1S/C33H52N4O9S/c1-21(2)17-27(35-31(40)26(14-16-47(6,43)44)36-33(42)46-20-25-13-10-15-45-25)28(38)18-23(5)30(39)37-29(22(3)4)32(41)34-19-24-11-8-7-9-12-24/h7-12,15,21-23,25-29,38H,13-14,16-20H2,1-6H3,(H,34,41)(H,35,40)(H,36,42)(H,37,39)/t23-,25?,26+,27+,28+,29+/m1/s1. The molecule has 14 heteroatoms. The fourth-order valence-corrected chi connectivity index (χ4v) is 5.62. The van der Waals surface area contributed by atoms with Crippen LogP contribution in [0.1, 0.15) is 65.9 Å². The zero-order valence-electron chi connectivity index (χ0n) is 28.2. The first-order chi connectivity index (χ1) is 22.1. The maximum atomic E-state index is 13.4. The molecule has 47 heavy (non-hydrogen) atoms. The zero-order valence-corrected chi connectivity index (χ0v) is 29.0. The molecule has 0 spiro atoms. The van der Waals surface area contributed by atoms with Crippen molar-refractivity contribution in [3.63, 3.8) is 0 Å². The molecule has 0 bridgehead atoms. The van der Waals surface area contributed by atoms with Gasteiger partial charge in [-0.1, -0.05) is 65.0 Å². The predicted octanol–water partition coefficient (Wildman–Crippen LogP) is 2.19. The molecule has 0 aromatic heterocycles. The van der Waals surface area contributed by atoms with E-state index in [0.717, 1.165) is 11.8 Å². The average Bonchev–Trinajstić information content (AvgIpc) is 3.52. The van der Waals surface area contributed by atoms with Crippen molar-refractivity contribution >= 4 is 33.7 Å². The number of aliphatic hydroxyl groups is 1. The van der Waals surface area contributed by atoms with E-state index in [2.05, 4.69) is 21.3 Å². The second-order valence-electron chi connectivity index (χ2n) is 13.0. The summed E-state index contributed by atoms with van der Waals surface area (Å²) in [5.41, 5.74) is 0.922. The van der Waals surface area contributed by atoms with Gasteiger partial charge in [-0.25, -0.2) is 13.2 Å². The molecule has 5 N–H and O–H groups in total. The van der Waals surface area contributed by atoms with Crippen LogP contribution in [0.15, 0.2) is 42.7 Å². The first-order valence-corrected chi connectivity index (χ1v) is 18.1. The van der Waals surface area contributed by atoms with Gasteiger partial charge in [0, 0.05) is 25.1 Å². The van der Waals surface area contributed by atoms with Crippen LogP contribution in [0.25, 0.3) is 0 Å². The van der Waals surface area contributed by atoms with Crippen molar-refractivity contribution in [3.05, 3.63) is 48.2 Å². The minimum atomic E-state index is -3.47. The zero-order chi connectivity index (χ0) is 35.1. The van der Waals surface area contributed by atoms with E-state index in [1.165, 1.54) is 6.26 Å². The lowest BCUT2D eigenvalue weighted by molar-refractivity contribution is -0.132. The van der Waals surface area contributed by atoms with E-state index in [9.17, 15) is 32.7 Å². The summed E-state index contributed by atoms with van der Waals surface area (Å²) in [6.07, 6.45) is 2.56. The fourth-order valence-electron chi connectivity index (χ4n) is 4.95. The molecule has 2 rings (SSSR count). The Labute approximate surface area is 278 Å². The van der Waals surface area contributed by atoms with E-state index in [4.69, 9.17) is 9.47 Å². The number of rotatable bonds is 19. The van der Waals surface area contributed by atoms with Crippen LogP contribution in [0, 0.1) is 17.8 Å². The van der Waals surface area contributed by atoms with Crippen LogP contribution < -0.4 is 21.3 Å². The molecular weight excluding hydrogens is 628 g/mol. The van der Waals surface area contributed by atoms with Gasteiger partial charge in [0.1, 0.15) is 34.6 Å². The summed E-state index contributed by atoms with van der Waals surface area (Å²) in [5.74, 6) is -2.71. The van der Waals surface area contributed by atoms with Crippen LogP contribution in [0.4, 0.5) is 4.79 Å². The number of amides is 4. The molecule has 1 aliphatic rings. The van der Waals surface area contributed by atoms with E-state index in [1.807, 2.05) is 58.0 Å². The van der Waals surface area contributed by atoms with E-state index in [-0.39, 0.29) is 49.0 Å². The highest BCUT2D eigenvalue weighted by Gasteiger charge is 2.32. The molecule has 4 amide bonds. The number of carbonyl (C=O) groups is 4. The molecule has 1 aliphatic heterocycles. The number of hydrogen-bond acceptors (Lipinski definition) is 9. The molecule has 1 aromatic rings. The largest absolute Gasteiger partial charge is 0.494 e. The first kappa shape index (κ1) is 39.5. The maximum absolute atomic E-state index is 13.4. The number of carbonyl (C=O) groups excluding carboxylic acids is 4. The third-order valence-corrected chi connectivity index (χ3v) is 8.65. The van der Waals surface area contributed by atoms with Crippen LogP contribution in [0.5, 0.6) is 0 Å².